The Morgan fingerprint density at radius 1 is 1.05 bits per heavy atom. The van der Waals surface area contributed by atoms with E-state index in [0.29, 0.717) is 5.69 Å². The van der Waals surface area contributed by atoms with Gasteiger partial charge in [-0.3, -0.25) is 0 Å². The molecule has 0 saturated heterocycles. The predicted octanol–water partition coefficient (Wildman–Crippen LogP) is 4.77. The molecule has 2 rings (SSSR count). The molecule has 0 fully saturated rings. The Balaban J connectivity index is 2.00. The summed E-state index contributed by atoms with van der Waals surface area (Å²) in [5.74, 6) is -1.14. The van der Waals surface area contributed by atoms with Crippen molar-refractivity contribution in [3.63, 3.8) is 0 Å². The van der Waals surface area contributed by atoms with E-state index in [2.05, 4.69) is 21.2 Å². The quantitative estimate of drug-likeness (QED) is 0.853. The molecule has 0 heterocycles. The largest absolute Gasteiger partial charge is 0.382 e. The van der Waals surface area contributed by atoms with Crippen LogP contribution in [0.3, 0.4) is 0 Å². The Labute approximate surface area is 119 Å². The molecule has 0 aromatic heterocycles. The van der Waals surface area contributed by atoms with Crippen LogP contribution >= 0.6 is 15.9 Å². The molecule has 0 aliphatic rings. The second-order valence-electron chi connectivity index (χ2n) is 4.53. The lowest BCUT2D eigenvalue weighted by molar-refractivity contribution is 0.583. The summed E-state index contributed by atoms with van der Waals surface area (Å²) >= 11 is 3.38. The van der Waals surface area contributed by atoms with Gasteiger partial charge in [0.2, 0.25) is 0 Å². The summed E-state index contributed by atoms with van der Waals surface area (Å²) in [6.45, 7) is 1.98. The van der Waals surface area contributed by atoms with Crippen LogP contribution in [0, 0.1) is 11.6 Å². The van der Waals surface area contributed by atoms with Gasteiger partial charge >= 0.3 is 0 Å². The number of benzene rings is 2. The second kappa shape index (κ2) is 6.15. The predicted molar refractivity (Wildman–Crippen MR) is 77.3 cm³/mol. The van der Waals surface area contributed by atoms with Crippen LogP contribution in [0.1, 0.15) is 12.5 Å². The molecule has 2 aromatic rings. The smallest absolute Gasteiger partial charge is 0.128 e. The summed E-state index contributed by atoms with van der Waals surface area (Å²) in [6.07, 6.45) is 0.783. The summed E-state index contributed by atoms with van der Waals surface area (Å²) in [6, 6.07) is 11.5. The molecular weight excluding hydrogens is 312 g/mol. The minimum atomic E-state index is -0.571. The molecule has 0 bridgehead atoms. The Kier molecular flexibility index (Phi) is 4.53. The van der Waals surface area contributed by atoms with Gasteiger partial charge in [0, 0.05) is 22.3 Å². The summed E-state index contributed by atoms with van der Waals surface area (Å²) < 4.78 is 27.2. The van der Waals surface area contributed by atoms with Gasteiger partial charge in [-0.05, 0) is 43.2 Å². The van der Waals surface area contributed by atoms with Crippen molar-refractivity contribution in [2.24, 2.45) is 0 Å². The normalized spacial score (nSPS) is 12.2. The lowest BCUT2D eigenvalue weighted by atomic mass is 10.1. The van der Waals surface area contributed by atoms with E-state index >= 15 is 0 Å². The molecule has 0 aliphatic carbocycles. The highest BCUT2D eigenvalue weighted by Gasteiger charge is 2.06. The second-order valence-corrected chi connectivity index (χ2v) is 5.45. The van der Waals surface area contributed by atoms with E-state index < -0.39 is 11.6 Å². The fraction of sp³-hybridized carbons (Fsp3) is 0.200. The number of rotatable bonds is 4. The lowest BCUT2D eigenvalue weighted by Gasteiger charge is -2.15. The lowest BCUT2D eigenvalue weighted by Crippen LogP contribution is -2.18. The molecule has 0 radical (unpaired) electrons. The zero-order valence-electron chi connectivity index (χ0n) is 10.5. The number of hydrogen-bond donors (Lipinski definition) is 1. The van der Waals surface area contributed by atoms with Gasteiger partial charge in [-0.15, -0.1) is 0 Å². The van der Waals surface area contributed by atoms with Crippen molar-refractivity contribution in [3.05, 3.63) is 64.1 Å². The summed E-state index contributed by atoms with van der Waals surface area (Å²) in [4.78, 5) is 0. The van der Waals surface area contributed by atoms with E-state index in [0.717, 1.165) is 17.0 Å². The first kappa shape index (κ1) is 14.0. The Morgan fingerprint density at radius 3 is 2.21 bits per heavy atom. The first-order valence-corrected chi connectivity index (χ1v) is 6.79. The molecule has 0 aliphatic heterocycles. The van der Waals surface area contributed by atoms with E-state index in [-0.39, 0.29) is 6.04 Å². The highest BCUT2D eigenvalue weighted by atomic mass is 79.9. The minimum Gasteiger partial charge on any atom is -0.382 e. The van der Waals surface area contributed by atoms with Gasteiger partial charge in [0.1, 0.15) is 11.6 Å². The van der Waals surface area contributed by atoms with E-state index in [1.807, 2.05) is 31.2 Å². The maximum Gasteiger partial charge on any atom is 0.128 e. The molecule has 1 unspecified atom stereocenters. The van der Waals surface area contributed by atoms with Gasteiger partial charge in [0.15, 0.2) is 0 Å². The van der Waals surface area contributed by atoms with Gasteiger partial charge in [0.25, 0.3) is 0 Å². The molecule has 0 saturated carbocycles. The first-order chi connectivity index (χ1) is 9.02. The average Bonchev–Trinajstić information content (AvgIpc) is 2.30. The summed E-state index contributed by atoms with van der Waals surface area (Å²) in [7, 11) is 0. The zero-order valence-corrected chi connectivity index (χ0v) is 12.0. The van der Waals surface area contributed by atoms with Crippen LogP contribution in [0.5, 0.6) is 0 Å². The summed E-state index contributed by atoms with van der Waals surface area (Å²) in [5.41, 5.74) is 1.63. The molecule has 1 N–H and O–H groups in total. The van der Waals surface area contributed by atoms with Crippen LogP contribution in [0.4, 0.5) is 14.5 Å². The molecule has 1 atom stereocenters. The summed E-state index contributed by atoms with van der Waals surface area (Å²) in [5, 5.41) is 3.09. The third-order valence-corrected chi connectivity index (χ3v) is 3.26. The average molecular weight is 326 g/mol. The first-order valence-electron chi connectivity index (χ1n) is 6.00. The maximum atomic E-state index is 13.1. The number of halogens is 3. The third kappa shape index (κ3) is 4.31. The van der Waals surface area contributed by atoms with Crippen molar-refractivity contribution in [2.45, 2.75) is 19.4 Å². The minimum absolute atomic E-state index is 0.0855. The van der Waals surface area contributed by atoms with Gasteiger partial charge in [0.05, 0.1) is 0 Å². The fourth-order valence-corrected chi connectivity index (χ4v) is 2.21. The molecule has 0 spiro atoms. The van der Waals surface area contributed by atoms with Crippen molar-refractivity contribution in [3.8, 4) is 0 Å². The van der Waals surface area contributed by atoms with Crippen molar-refractivity contribution >= 4 is 21.6 Å². The maximum absolute atomic E-state index is 13.1. The van der Waals surface area contributed by atoms with Gasteiger partial charge in [-0.2, -0.15) is 0 Å². The molecule has 0 amide bonds. The molecule has 4 heteroatoms. The molecular formula is C15H14BrF2N. The monoisotopic (exact) mass is 325 g/mol. The van der Waals surface area contributed by atoms with E-state index in [9.17, 15) is 8.78 Å². The number of nitrogens with one attached hydrogen (secondary N) is 1. The van der Waals surface area contributed by atoms with E-state index in [1.165, 1.54) is 17.7 Å². The molecule has 19 heavy (non-hydrogen) atoms. The van der Waals surface area contributed by atoms with Crippen LogP contribution in [0.2, 0.25) is 0 Å². The van der Waals surface area contributed by atoms with Crippen LogP contribution in [0.25, 0.3) is 0 Å². The Bertz CT molecular complexity index is 534. The SMILES string of the molecule is CC(Cc1ccc(Br)cc1)Nc1cc(F)cc(F)c1. The van der Waals surface area contributed by atoms with E-state index in [1.54, 1.807) is 0 Å². The van der Waals surface area contributed by atoms with Gasteiger partial charge < -0.3 is 5.32 Å². The molecule has 1 nitrogen and oxygen atoms in total. The van der Waals surface area contributed by atoms with Crippen molar-refractivity contribution in [1.82, 2.24) is 0 Å². The number of hydrogen-bond acceptors (Lipinski definition) is 1. The highest BCUT2D eigenvalue weighted by molar-refractivity contribution is 9.10. The standard InChI is InChI=1S/C15H14BrF2N/c1-10(6-11-2-4-12(16)5-3-11)19-15-8-13(17)7-14(18)9-15/h2-5,7-10,19H,6H2,1H3. The van der Waals surface area contributed by atoms with Crippen molar-refractivity contribution in [1.29, 1.82) is 0 Å². The van der Waals surface area contributed by atoms with Crippen LogP contribution < -0.4 is 5.32 Å². The van der Waals surface area contributed by atoms with Crippen molar-refractivity contribution < 1.29 is 8.78 Å². The van der Waals surface area contributed by atoms with Crippen molar-refractivity contribution in [2.75, 3.05) is 5.32 Å². The van der Waals surface area contributed by atoms with Crippen LogP contribution in [-0.2, 0) is 6.42 Å². The van der Waals surface area contributed by atoms with Gasteiger partial charge in [-0.1, -0.05) is 28.1 Å². The Morgan fingerprint density at radius 2 is 1.63 bits per heavy atom. The Hall–Kier alpha value is -1.42. The van der Waals surface area contributed by atoms with Crippen LogP contribution in [-0.4, -0.2) is 6.04 Å². The third-order valence-electron chi connectivity index (χ3n) is 2.73. The fourth-order valence-electron chi connectivity index (χ4n) is 1.95. The topological polar surface area (TPSA) is 12.0 Å². The molecule has 100 valence electrons. The molecule has 2 aromatic carbocycles. The highest BCUT2D eigenvalue weighted by Crippen LogP contribution is 2.16. The van der Waals surface area contributed by atoms with Crippen LogP contribution in [0.15, 0.2) is 46.9 Å². The number of anilines is 1. The zero-order chi connectivity index (χ0) is 13.8. The van der Waals surface area contributed by atoms with E-state index in [4.69, 9.17) is 0 Å². The van der Waals surface area contributed by atoms with Gasteiger partial charge in [-0.25, -0.2) is 8.78 Å².